The Balaban J connectivity index is 0.00000240. The first-order chi connectivity index (χ1) is 13.6. The Morgan fingerprint density at radius 3 is 2.24 bits per heavy atom. The summed E-state index contributed by atoms with van der Waals surface area (Å²) in [6.45, 7) is 3.02. The predicted octanol–water partition coefficient (Wildman–Crippen LogP) is 1.79. The molecule has 0 aliphatic carbocycles. The molecule has 1 N–H and O–H groups in total. The number of nitrogens with one attached hydrogen (secondary N) is 1. The minimum atomic E-state index is -0.0329. The number of hydrogen-bond donors (Lipinski definition) is 1. The first kappa shape index (κ1) is 21.5. The molecule has 2 aromatic rings. The molecule has 1 aromatic heterocycles. The van der Waals surface area contributed by atoms with Crippen molar-refractivity contribution in [1.29, 1.82) is 0 Å². The lowest BCUT2D eigenvalue weighted by molar-refractivity contribution is -0.135. The Labute approximate surface area is 177 Å². The first-order valence-corrected chi connectivity index (χ1v) is 9.82. The number of carbonyl (C=O) groups is 1. The lowest BCUT2D eigenvalue weighted by Gasteiger charge is -2.26. The Bertz CT molecular complexity index is 835. The fourth-order valence-corrected chi connectivity index (χ4v) is 4.43. The summed E-state index contributed by atoms with van der Waals surface area (Å²) < 4.78 is 12.7. The van der Waals surface area contributed by atoms with Crippen LogP contribution < -0.4 is 14.8 Å². The van der Waals surface area contributed by atoms with Crippen LogP contribution in [0.4, 0.5) is 0 Å². The molecule has 7 nitrogen and oxygen atoms in total. The molecule has 2 atom stereocenters. The number of rotatable bonds is 4. The van der Waals surface area contributed by atoms with E-state index >= 15 is 0 Å². The highest BCUT2D eigenvalue weighted by atomic mass is 35.5. The average molecular weight is 421 g/mol. The third-order valence-corrected chi connectivity index (χ3v) is 6.00. The van der Waals surface area contributed by atoms with E-state index < -0.39 is 0 Å². The van der Waals surface area contributed by atoms with E-state index in [2.05, 4.69) is 22.5 Å². The summed E-state index contributed by atoms with van der Waals surface area (Å²) in [5, 5.41) is 7.68. The van der Waals surface area contributed by atoms with Crippen LogP contribution in [0.25, 0.3) is 0 Å². The molecule has 1 saturated heterocycles. The van der Waals surface area contributed by atoms with Gasteiger partial charge in [-0.2, -0.15) is 5.10 Å². The second kappa shape index (κ2) is 9.05. The van der Waals surface area contributed by atoms with E-state index in [0.29, 0.717) is 0 Å². The molecule has 0 unspecified atom stereocenters. The summed E-state index contributed by atoms with van der Waals surface area (Å²) in [5.41, 5.74) is 3.61. The third-order valence-electron chi connectivity index (χ3n) is 6.00. The zero-order chi connectivity index (χ0) is 19.7. The maximum atomic E-state index is 13.4. The van der Waals surface area contributed by atoms with Gasteiger partial charge in [-0.15, -0.1) is 12.4 Å². The molecule has 0 radical (unpaired) electrons. The smallest absolute Gasteiger partial charge is 0.227 e. The van der Waals surface area contributed by atoms with Crippen molar-refractivity contribution < 1.29 is 14.3 Å². The van der Waals surface area contributed by atoms with Crippen LogP contribution in [-0.2, 0) is 24.7 Å². The van der Waals surface area contributed by atoms with Gasteiger partial charge in [0.05, 0.1) is 26.3 Å². The van der Waals surface area contributed by atoms with Gasteiger partial charge in [-0.25, -0.2) is 0 Å². The number of nitrogens with zero attached hydrogens (tertiary/aromatic N) is 3. The summed E-state index contributed by atoms with van der Waals surface area (Å²) in [6.07, 6.45) is 5.57. The number of halogens is 1. The SMILES string of the molecule is COc1cc2c(cc1OC)CCN(C(=O)[C@H]1CNC[C@@H]1c1cnn(C)c1)CC2.Cl. The van der Waals surface area contributed by atoms with Crippen molar-refractivity contribution in [3.63, 3.8) is 0 Å². The predicted molar refractivity (Wildman–Crippen MR) is 113 cm³/mol. The molecular weight excluding hydrogens is 392 g/mol. The van der Waals surface area contributed by atoms with E-state index in [1.807, 2.05) is 24.3 Å². The summed E-state index contributed by atoms with van der Waals surface area (Å²) >= 11 is 0. The van der Waals surface area contributed by atoms with E-state index in [-0.39, 0.29) is 30.2 Å². The number of benzene rings is 1. The van der Waals surface area contributed by atoms with Crippen molar-refractivity contribution in [1.82, 2.24) is 20.0 Å². The van der Waals surface area contributed by atoms with Gasteiger partial charge in [-0.1, -0.05) is 0 Å². The van der Waals surface area contributed by atoms with Gasteiger partial charge in [0, 0.05) is 45.3 Å². The summed E-state index contributed by atoms with van der Waals surface area (Å²) in [6, 6.07) is 4.11. The van der Waals surface area contributed by atoms with Crippen molar-refractivity contribution >= 4 is 18.3 Å². The standard InChI is InChI=1S/C21H28N4O3.ClH/c1-24-13-16(10-23-24)17-11-22-12-18(17)21(26)25-6-4-14-8-19(27-2)20(28-3)9-15(14)5-7-25;/h8-10,13,17-18,22H,4-7,11-12H2,1-3H3;1H/t17-,18+;/m1./s1. The highest BCUT2D eigenvalue weighted by Crippen LogP contribution is 2.33. The van der Waals surface area contributed by atoms with E-state index in [4.69, 9.17) is 9.47 Å². The molecule has 0 spiro atoms. The quantitative estimate of drug-likeness (QED) is 0.816. The number of carbonyl (C=O) groups excluding carboxylic acids is 1. The fraction of sp³-hybridized carbons (Fsp3) is 0.524. The van der Waals surface area contributed by atoms with Gasteiger partial charge in [-0.05, 0) is 41.7 Å². The van der Waals surface area contributed by atoms with Gasteiger partial charge >= 0.3 is 0 Å². The summed E-state index contributed by atoms with van der Waals surface area (Å²) in [5.74, 6) is 1.89. The maximum absolute atomic E-state index is 13.4. The van der Waals surface area contributed by atoms with E-state index in [9.17, 15) is 4.79 Å². The average Bonchev–Trinajstić information content (AvgIpc) is 3.31. The number of aromatic nitrogens is 2. The van der Waals surface area contributed by atoms with Crippen molar-refractivity contribution in [3.8, 4) is 11.5 Å². The maximum Gasteiger partial charge on any atom is 0.227 e. The molecule has 1 amide bonds. The first-order valence-electron chi connectivity index (χ1n) is 9.82. The molecule has 8 heteroatoms. The highest BCUT2D eigenvalue weighted by Gasteiger charge is 2.37. The van der Waals surface area contributed by atoms with Crippen LogP contribution in [0.1, 0.15) is 22.6 Å². The number of methoxy groups -OCH3 is 2. The molecule has 2 aliphatic heterocycles. The van der Waals surface area contributed by atoms with Crippen molar-refractivity contribution in [2.75, 3.05) is 40.4 Å². The van der Waals surface area contributed by atoms with Crippen molar-refractivity contribution in [3.05, 3.63) is 41.2 Å². The van der Waals surface area contributed by atoms with Gasteiger partial charge in [0.2, 0.25) is 5.91 Å². The largest absolute Gasteiger partial charge is 0.493 e. The molecule has 0 saturated carbocycles. The number of hydrogen-bond acceptors (Lipinski definition) is 5. The molecule has 0 bridgehead atoms. The van der Waals surface area contributed by atoms with Crippen LogP contribution in [0.5, 0.6) is 11.5 Å². The van der Waals surface area contributed by atoms with Gasteiger partial charge in [0.15, 0.2) is 11.5 Å². The zero-order valence-corrected chi connectivity index (χ0v) is 18.0. The molecule has 158 valence electrons. The number of ether oxygens (including phenoxy) is 2. The van der Waals surface area contributed by atoms with Gasteiger partial charge in [0.1, 0.15) is 0 Å². The van der Waals surface area contributed by atoms with Crippen molar-refractivity contribution in [2.24, 2.45) is 13.0 Å². The Morgan fingerprint density at radius 2 is 1.72 bits per heavy atom. The molecule has 1 fully saturated rings. The van der Waals surface area contributed by atoms with Crippen LogP contribution in [-0.4, -0.2) is 61.0 Å². The number of aryl methyl sites for hydroxylation is 1. The molecule has 29 heavy (non-hydrogen) atoms. The lowest BCUT2D eigenvalue weighted by Crippen LogP contribution is -2.40. The number of amides is 1. The monoisotopic (exact) mass is 420 g/mol. The van der Waals surface area contributed by atoms with Crippen LogP contribution in [0.15, 0.2) is 24.5 Å². The van der Waals surface area contributed by atoms with Crippen LogP contribution in [0, 0.1) is 5.92 Å². The summed E-state index contributed by atoms with van der Waals surface area (Å²) in [4.78, 5) is 15.4. The summed E-state index contributed by atoms with van der Waals surface area (Å²) in [7, 11) is 5.22. The molecular formula is C21H29ClN4O3. The zero-order valence-electron chi connectivity index (χ0n) is 17.2. The van der Waals surface area contributed by atoms with E-state index in [0.717, 1.165) is 56.1 Å². The van der Waals surface area contributed by atoms with E-state index in [1.54, 1.807) is 18.9 Å². The fourth-order valence-electron chi connectivity index (χ4n) is 4.43. The molecule has 2 aliphatic rings. The number of fused-ring (bicyclic) bond motifs is 1. The van der Waals surface area contributed by atoms with E-state index in [1.165, 1.54) is 11.1 Å². The molecule has 3 heterocycles. The van der Waals surface area contributed by atoms with Crippen LogP contribution >= 0.6 is 12.4 Å². The third kappa shape index (κ3) is 4.21. The van der Waals surface area contributed by atoms with Crippen molar-refractivity contribution in [2.45, 2.75) is 18.8 Å². The van der Waals surface area contributed by atoms with Crippen LogP contribution in [0.2, 0.25) is 0 Å². The van der Waals surface area contributed by atoms with Gasteiger partial charge < -0.3 is 19.7 Å². The minimum absolute atomic E-state index is 0. The Kier molecular flexibility index (Phi) is 6.70. The normalized spacial score (nSPS) is 21.1. The molecule has 1 aromatic carbocycles. The second-order valence-corrected chi connectivity index (χ2v) is 7.62. The topological polar surface area (TPSA) is 68.6 Å². The van der Waals surface area contributed by atoms with Gasteiger partial charge in [-0.3, -0.25) is 9.48 Å². The Morgan fingerprint density at radius 1 is 1.10 bits per heavy atom. The van der Waals surface area contributed by atoms with Gasteiger partial charge in [0.25, 0.3) is 0 Å². The lowest BCUT2D eigenvalue weighted by atomic mass is 9.89. The van der Waals surface area contributed by atoms with Crippen LogP contribution in [0.3, 0.4) is 0 Å². The second-order valence-electron chi connectivity index (χ2n) is 7.62. The highest BCUT2D eigenvalue weighted by molar-refractivity contribution is 5.85. The molecule has 4 rings (SSSR count). The minimum Gasteiger partial charge on any atom is -0.493 e. The Hall–Kier alpha value is -2.25.